The molecule has 6 nitrogen and oxygen atoms in total. The van der Waals surface area contributed by atoms with E-state index in [-0.39, 0.29) is 6.04 Å². The van der Waals surface area contributed by atoms with Crippen molar-refractivity contribution >= 4 is 17.5 Å². The molecular formula is C14H21FN4O2. The second-order valence-electron chi connectivity index (χ2n) is 6.14. The van der Waals surface area contributed by atoms with Crippen LogP contribution in [0.15, 0.2) is 12.4 Å². The number of pyridine rings is 1. The highest BCUT2D eigenvalue weighted by molar-refractivity contribution is 5.70. The van der Waals surface area contributed by atoms with Crippen molar-refractivity contribution in [3.05, 3.63) is 18.2 Å². The number of hydrogen-bond donors (Lipinski definition) is 2. The molecule has 0 bridgehead atoms. The van der Waals surface area contributed by atoms with Gasteiger partial charge in [0.05, 0.1) is 29.8 Å². The van der Waals surface area contributed by atoms with Crippen LogP contribution in [-0.4, -0.2) is 35.8 Å². The molecule has 0 unspecified atom stereocenters. The van der Waals surface area contributed by atoms with E-state index in [1.165, 1.54) is 6.20 Å². The highest BCUT2D eigenvalue weighted by Crippen LogP contribution is 2.28. The summed E-state index contributed by atoms with van der Waals surface area (Å²) in [4.78, 5) is 17.3. The highest BCUT2D eigenvalue weighted by Gasteiger charge is 2.28. The summed E-state index contributed by atoms with van der Waals surface area (Å²) in [6.45, 7) is 6.53. The van der Waals surface area contributed by atoms with E-state index >= 15 is 0 Å². The van der Waals surface area contributed by atoms with Crippen LogP contribution in [0.3, 0.4) is 0 Å². The van der Waals surface area contributed by atoms with Gasteiger partial charge in [0, 0.05) is 13.1 Å². The molecular weight excluding hydrogens is 275 g/mol. The number of rotatable bonds is 2. The summed E-state index contributed by atoms with van der Waals surface area (Å²) in [5.74, 6) is -0.451. The maximum Gasteiger partial charge on any atom is 0.407 e. The largest absolute Gasteiger partial charge is 0.444 e. The van der Waals surface area contributed by atoms with Crippen LogP contribution in [0.1, 0.15) is 27.2 Å². The molecule has 2 heterocycles. The Morgan fingerprint density at radius 3 is 2.86 bits per heavy atom. The van der Waals surface area contributed by atoms with E-state index in [4.69, 9.17) is 10.5 Å². The predicted molar refractivity (Wildman–Crippen MR) is 78.6 cm³/mol. The van der Waals surface area contributed by atoms with Gasteiger partial charge in [0.2, 0.25) is 0 Å². The van der Waals surface area contributed by atoms with E-state index < -0.39 is 17.5 Å². The lowest BCUT2D eigenvalue weighted by molar-refractivity contribution is 0.0509. The molecule has 1 atom stereocenters. The zero-order valence-corrected chi connectivity index (χ0v) is 12.5. The summed E-state index contributed by atoms with van der Waals surface area (Å²) in [6, 6.07) is -0.0909. The molecule has 0 spiro atoms. The normalized spacial score (nSPS) is 18.7. The first-order valence-electron chi connectivity index (χ1n) is 6.90. The predicted octanol–water partition coefficient (Wildman–Crippen LogP) is 1.91. The first-order valence-corrected chi connectivity index (χ1v) is 6.90. The van der Waals surface area contributed by atoms with Crippen LogP contribution in [0.4, 0.5) is 20.6 Å². The van der Waals surface area contributed by atoms with Crippen molar-refractivity contribution in [1.29, 1.82) is 0 Å². The van der Waals surface area contributed by atoms with E-state index in [2.05, 4.69) is 10.3 Å². The number of nitrogens with zero attached hydrogens (tertiary/aromatic N) is 2. The fraction of sp³-hybridized carbons (Fsp3) is 0.571. The average Bonchev–Trinajstić information content (AvgIpc) is 2.74. The molecule has 1 aromatic heterocycles. The molecule has 0 radical (unpaired) electrons. The molecule has 1 aliphatic rings. The third-order valence-electron chi connectivity index (χ3n) is 3.13. The summed E-state index contributed by atoms with van der Waals surface area (Å²) >= 11 is 0. The molecule has 0 aromatic carbocycles. The van der Waals surface area contributed by atoms with E-state index in [0.717, 1.165) is 6.20 Å². The van der Waals surface area contributed by atoms with E-state index in [1.54, 1.807) is 20.8 Å². The monoisotopic (exact) mass is 296 g/mol. The summed E-state index contributed by atoms with van der Waals surface area (Å²) < 4.78 is 19.0. The van der Waals surface area contributed by atoms with Crippen LogP contribution in [0.2, 0.25) is 0 Å². The van der Waals surface area contributed by atoms with E-state index in [9.17, 15) is 9.18 Å². The smallest absolute Gasteiger partial charge is 0.407 e. The number of nitrogens with two attached hydrogens (primary N) is 1. The van der Waals surface area contributed by atoms with Gasteiger partial charge in [0.25, 0.3) is 0 Å². The van der Waals surface area contributed by atoms with Crippen LogP contribution in [0.25, 0.3) is 0 Å². The summed E-state index contributed by atoms with van der Waals surface area (Å²) in [6.07, 6.45) is 2.81. The Hall–Kier alpha value is -2.05. The van der Waals surface area contributed by atoms with E-state index in [0.29, 0.717) is 30.9 Å². The van der Waals surface area contributed by atoms with Gasteiger partial charge in [-0.3, -0.25) is 4.98 Å². The number of ether oxygens (including phenoxy) is 1. The molecule has 1 aromatic rings. The van der Waals surface area contributed by atoms with E-state index in [1.807, 2.05) is 4.90 Å². The van der Waals surface area contributed by atoms with Crippen molar-refractivity contribution in [1.82, 2.24) is 10.3 Å². The summed E-state index contributed by atoms with van der Waals surface area (Å²) in [5.41, 5.74) is 5.88. The fourth-order valence-electron chi connectivity index (χ4n) is 2.33. The zero-order chi connectivity index (χ0) is 15.6. The van der Waals surface area contributed by atoms with Gasteiger partial charge in [-0.1, -0.05) is 0 Å². The molecule has 0 saturated carbocycles. The molecule has 1 aliphatic heterocycles. The van der Waals surface area contributed by atoms with Gasteiger partial charge in [-0.05, 0) is 27.2 Å². The third kappa shape index (κ3) is 3.96. The summed E-state index contributed by atoms with van der Waals surface area (Å²) in [5, 5.41) is 2.79. The quantitative estimate of drug-likeness (QED) is 0.871. The number of hydrogen-bond acceptors (Lipinski definition) is 5. The van der Waals surface area contributed by atoms with Crippen molar-refractivity contribution in [2.45, 2.75) is 38.8 Å². The van der Waals surface area contributed by atoms with Crippen LogP contribution in [-0.2, 0) is 4.74 Å². The maximum absolute atomic E-state index is 13.8. The number of amides is 1. The molecule has 7 heteroatoms. The minimum absolute atomic E-state index is 0.0909. The van der Waals surface area contributed by atoms with Crippen molar-refractivity contribution in [2.24, 2.45) is 0 Å². The molecule has 1 amide bonds. The van der Waals surface area contributed by atoms with Crippen molar-refractivity contribution in [3.8, 4) is 0 Å². The zero-order valence-electron chi connectivity index (χ0n) is 12.5. The molecule has 3 N–H and O–H groups in total. The average molecular weight is 296 g/mol. The number of carbonyl (C=O) groups excluding carboxylic acids is 1. The Kier molecular flexibility index (Phi) is 4.20. The molecule has 21 heavy (non-hydrogen) atoms. The van der Waals surface area contributed by atoms with Crippen molar-refractivity contribution in [3.63, 3.8) is 0 Å². The first kappa shape index (κ1) is 15.3. The van der Waals surface area contributed by atoms with Crippen LogP contribution < -0.4 is 16.0 Å². The van der Waals surface area contributed by atoms with Crippen LogP contribution in [0.5, 0.6) is 0 Å². The van der Waals surface area contributed by atoms with Gasteiger partial charge in [0.1, 0.15) is 5.60 Å². The van der Waals surface area contributed by atoms with Gasteiger partial charge in [-0.25, -0.2) is 9.18 Å². The molecule has 1 fully saturated rings. The fourth-order valence-corrected chi connectivity index (χ4v) is 2.33. The minimum Gasteiger partial charge on any atom is -0.444 e. The Labute approximate surface area is 123 Å². The Bertz CT molecular complexity index is 510. The lowest BCUT2D eigenvalue weighted by atomic mass is 10.2. The SMILES string of the molecule is CC(C)(C)OC(=O)N[C@H]1CCN(c2c(N)cncc2F)C1. The van der Waals surface area contributed by atoms with Gasteiger partial charge in [0.15, 0.2) is 5.82 Å². The van der Waals surface area contributed by atoms with Crippen molar-refractivity contribution in [2.75, 3.05) is 23.7 Å². The third-order valence-corrected chi connectivity index (χ3v) is 3.13. The number of alkyl carbamates (subject to hydrolysis) is 1. The van der Waals surface area contributed by atoms with Gasteiger partial charge in [-0.2, -0.15) is 0 Å². The number of aromatic nitrogens is 1. The molecule has 116 valence electrons. The Morgan fingerprint density at radius 1 is 1.52 bits per heavy atom. The van der Waals surface area contributed by atoms with Gasteiger partial charge >= 0.3 is 6.09 Å². The minimum atomic E-state index is -0.538. The second kappa shape index (κ2) is 5.75. The molecule has 0 aliphatic carbocycles. The Morgan fingerprint density at radius 2 is 2.24 bits per heavy atom. The second-order valence-corrected chi connectivity index (χ2v) is 6.14. The number of halogens is 1. The molecule has 2 rings (SSSR count). The van der Waals surface area contributed by atoms with Gasteiger partial charge < -0.3 is 20.7 Å². The van der Waals surface area contributed by atoms with Crippen molar-refractivity contribution < 1.29 is 13.9 Å². The number of anilines is 2. The number of carbonyl (C=O) groups is 1. The number of nitrogen functional groups attached to an aromatic ring is 1. The van der Waals surface area contributed by atoms with Crippen LogP contribution >= 0.6 is 0 Å². The lowest BCUT2D eigenvalue weighted by Gasteiger charge is -2.23. The lowest BCUT2D eigenvalue weighted by Crippen LogP contribution is -2.40. The topological polar surface area (TPSA) is 80.5 Å². The highest BCUT2D eigenvalue weighted by atomic mass is 19.1. The standard InChI is InChI=1S/C14H21FN4O2/c1-14(2,3)21-13(20)18-9-4-5-19(8-9)12-10(15)6-17-7-11(12)16/h6-7,9H,4-5,8,16H2,1-3H3,(H,18,20)/t9-/m0/s1. The van der Waals surface area contributed by atoms with Crippen LogP contribution in [0, 0.1) is 5.82 Å². The maximum atomic E-state index is 13.8. The first-order chi connectivity index (χ1) is 9.76. The molecule has 1 saturated heterocycles. The number of nitrogens with one attached hydrogen (secondary N) is 1. The van der Waals surface area contributed by atoms with Gasteiger partial charge in [-0.15, -0.1) is 0 Å². The Balaban J connectivity index is 1.97. The summed E-state index contributed by atoms with van der Waals surface area (Å²) in [7, 11) is 0.